The Bertz CT molecular complexity index is 307. The van der Waals surface area contributed by atoms with Gasteiger partial charge in [0.1, 0.15) is 0 Å². The summed E-state index contributed by atoms with van der Waals surface area (Å²) in [6, 6.07) is 9.86. The third-order valence-corrected chi connectivity index (χ3v) is 2.54. The number of para-hydroxylation sites is 1. The highest BCUT2D eigenvalue weighted by molar-refractivity contribution is 5.96. The number of amides is 1. The van der Waals surface area contributed by atoms with E-state index in [2.05, 4.69) is 0 Å². The van der Waals surface area contributed by atoms with Crippen molar-refractivity contribution in [2.75, 3.05) is 11.4 Å². The summed E-state index contributed by atoms with van der Waals surface area (Å²) in [5, 5.41) is 0. The van der Waals surface area contributed by atoms with Gasteiger partial charge in [-0.25, -0.2) is 0 Å². The number of hydrogen-bond acceptors (Lipinski definition) is 1. The molecule has 0 spiro atoms. The van der Waals surface area contributed by atoms with Gasteiger partial charge in [-0.2, -0.15) is 0 Å². The Morgan fingerprint density at radius 2 is 2.00 bits per heavy atom. The van der Waals surface area contributed by atoms with E-state index in [1.807, 2.05) is 42.2 Å². The molecule has 0 bridgehead atoms. The summed E-state index contributed by atoms with van der Waals surface area (Å²) in [6.07, 6.45) is 0.980. The van der Waals surface area contributed by atoms with Crippen LogP contribution in [0.1, 0.15) is 13.3 Å². The van der Waals surface area contributed by atoms with Crippen LogP contribution in [0.4, 0.5) is 5.69 Å². The van der Waals surface area contributed by atoms with Crippen LogP contribution in [0, 0.1) is 5.92 Å². The summed E-state index contributed by atoms with van der Waals surface area (Å²) in [7, 11) is 0. The summed E-state index contributed by atoms with van der Waals surface area (Å²) in [5.41, 5.74) is 1.02. The Balaban J connectivity index is 2.24. The van der Waals surface area contributed by atoms with Crippen molar-refractivity contribution in [1.82, 2.24) is 0 Å². The van der Waals surface area contributed by atoms with E-state index in [1.54, 1.807) is 0 Å². The highest BCUT2D eigenvalue weighted by Gasteiger charge is 2.28. The number of carbonyl (C=O) groups excluding carboxylic acids is 1. The van der Waals surface area contributed by atoms with Gasteiger partial charge >= 0.3 is 0 Å². The van der Waals surface area contributed by atoms with Gasteiger partial charge in [-0.3, -0.25) is 4.79 Å². The van der Waals surface area contributed by atoms with Gasteiger partial charge in [-0.05, 0) is 18.6 Å². The van der Waals surface area contributed by atoms with E-state index in [1.165, 1.54) is 0 Å². The monoisotopic (exact) mass is 175 g/mol. The van der Waals surface area contributed by atoms with Crippen molar-refractivity contribution >= 4 is 11.6 Å². The maximum atomic E-state index is 11.6. The zero-order valence-corrected chi connectivity index (χ0v) is 7.73. The Morgan fingerprint density at radius 1 is 1.31 bits per heavy atom. The molecule has 1 aliphatic rings. The molecule has 68 valence electrons. The molecule has 1 heterocycles. The van der Waals surface area contributed by atoms with Crippen LogP contribution in [0.15, 0.2) is 30.3 Å². The molecule has 1 aromatic carbocycles. The average molecular weight is 175 g/mol. The number of anilines is 1. The molecule has 2 heteroatoms. The Kier molecular flexibility index (Phi) is 2.05. The quantitative estimate of drug-likeness (QED) is 0.639. The number of hydrogen-bond donors (Lipinski definition) is 0. The molecule has 1 atom stereocenters. The van der Waals surface area contributed by atoms with Gasteiger partial charge in [0.05, 0.1) is 0 Å². The molecule has 1 aromatic rings. The van der Waals surface area contributed by atoms with Crippen molar-refractivity contribution in [2.24, 2.45) is 5.92 Å². The van der Waals surface area contributed by atoms with Crippen LogP contribution in [0.5, 0.6) is 0 Å². The van der Waals surface area contributed by atoms with Gasteiger partial charge in [0.25, 0.3) is 0 Å². The van der Waals surface area contributed by atoms with Gasteiger partial charge in [0, 0.05) is 18.2 Å². The topological polar surface area (TPSA) is 20.3 Å². The third-order valence-electron chi connectivity index (χ3n) is 2.54. The molecule has 0 radical (unpaired) electrons. The van der Waals surface area contributed by atoms with Crippen LogP contribution in [0.25, 0.3) is 0 Å². The van der Waals surface area contributed by atoms with E-state index >= 15 is 0 Å². The molecular formula is C11H13NO. The lowest BCUT2D eigenvalue weighted by Gasteiger charge is -2.15. The fraction of sp³-hybridized carbons (Fsp3) is 0.364. The van der Waals surface area contributed by atoms with Gasteiger partial charge in [0.2, 0.25) is 5.91 Å². The molecule has 0 aromatic heterocycles. The fourth-order valence-corrected chi connectivity index (χ4v) is 1.69. The van der Waals surface area contributed by atoms with E-state index in [-0.39, 0.29) is 11.8 Å². The first-order chi connectivity index (χ1) is 6.29. The Morgan fingerprint density at radius 3 is 2.54 bits per heavy atom. The SMILES string of the molecule is C[C@@H]1CCN(c2ccccc2)C1=O. The minimum atomic E-state index is 0.195. The molecule has 1 amide bonds. The second-order valence-corrected chi connectivity index (χ2v) is 3.52. The van der Waals surface area contributed by atoms with Gasteiger partial charge in [-0.15, -0.1) is 0 Å². The lowest BCUT2D eigenvalue weighted by Crippen LogP contribution is -2.25. The molecule has 13 heavy (non-hydrogen) atoms. The maximum absolute atomic E-state index is 11.6. The molecular weight excluding hydrogens is 162 g/mol. The lowest BCUT2D eigenvalue weighted by molar-refractivity contribution is -0.119. The molecule has 2 nitrogen and oxygen atoms in total. The van der Waals surface area contributed by atoms with Crippen molar-refractivity contribution in [3.05, 3.63) is 30.3 Å². The van der Waals surface area contributed by atoms with Crippen LogP contribution >= 0.6 is 0 Å². The standard InChI is InChI=1S/C11H13NO/c1-9-7-8-12(11(9)13)10-5-3-2-4-6-10/h2-6,9H,7-8H2,1H3/t9-/m1/s1. The minimum Gasteiger partial charge on any atom is -0.312 e. The van der Waals surface area contributed by atoms with Crippen LogP contribution < -0.4 is 4.90 Å². The highest BCUT2D eigenvalue weighted by Crippen LogP contribution is 2.23. The predicted octanol–water partition coefficient (Wildman–Crippen LogP) is 2.06. The largest absolute Gasteiger partial charge is 0.312 e. The molecule has 0 N–H and O–H groups in total. The average Bonchev–Trinajstić information content (AvgIpc) is 2.49. The van der Waals surface area contributed by atoms with Crippen molar-refractivity contribution < 1.29 is 4.79 Å². The molecule has 0 unspecified atom stereocenters. The first-order valence-electron chi connectivity index (χ1n) is 4.65. The number of carbonyl (C=O) groups is 1. The smallest absolute Gasteiger partial charge is 0.229 e. The molecule has 1 saturated heterocycles. The van der Waals surface area contributed by atoms with Crippen molar-refractivity contribution in [2.45, 2.75) is 13.3 Å². The van der Waals surface area contributed by atoms with E-state index in [0.717, 1.165) is 18.7 Å². The van der Waals surface area contributed by atoms with Crippen molar-refractivity contribution in [3.63, 3.8) is 0 Å². The zero-order valence-electron chi connectivity index (χ0n) is 7.73. The minimum absolute atomic E-state index is 0.195. The van der Waals surface area contributed by atoms with E-state index < -0.39 is 0 Å². The van der Waals surface area contributed by atoms with E-state index in [0.29, 0.717) is 0 Å². The highest BCUT2D eigenvalue weighted by atomic mass is 16.2. The molecule has 2 rings (SSSR count). The first-order valence-corrected chi connectivity index (χ1v) is 4.65. The summed E-state index contributed by atoms with van der Waals surface area (Å²) in [4.78, 5) is 13.5. The first kappa shape index (κ1) is 8.30. The normalized spacial score (nSPS) is 22.4. The number of nitrogens with zero attached hydrogens (tertiary/aromatic N) is 1. The molecule has 0 aliphatic carbocycles. The second-order valence-electron chi connectivity index (χ2n) is 3.52. The van der Waals surface area contributed by atoms with E-state index in [4.69, 9.17) is 0 Å². The van der Waals surface area contributed by atoms with Crippen molar-refractivity contribution in [3.8, 4) is 0 Å². The summed E-state index contributed by atoms with van der Waals surface area (Å²) < 4.78 is 0. The van der Waals surface area contributed by atoms with Gasteiger partial charge < -0.3 is 4.90 Å². The third kappa shape index (κ3) is 1.44. The molecule has 1 fully saturated rings. The number of benzene rings is 1. The molecule has 0 saturated carbocycles. The zero-order chi connectivity index (χ0) is 9.26. The van der Waals surface area contributed by atoms with Gasteiger partial charge in [-0.1, -0.05) is 25.1 Å². The summed E-state index contributed by atoms with van der Waals surface area (Å²) in [6.45, 7) is 2.86. The van der Waals surface area contributed by atoms with Crippen molar-refractivity contribution in [1.29, 1.82) is 0 Å². The maximum Gasteiger partial charge on any atom is 0.229 e. The number of rotatable bonds is 1. The van der Waals surface area contributed by atoms with Gasteiger partial charge in [0.15, 0.2) is 0 Å². The summed E-state index contributed by atoms with van der Waals surface area (Å²) >= 11 is 0. The predicted molar refractivity (Wildman–Crippen MR) is 52.6 cm³/mol. The fourth-order valence-electron chi connectivity index (χ4n) is 1.69. The van der Waals surface area contributed by atoms with E-state index in [9.17, 15) is 4.79 Å². The Labute approximate surface area is 78.2 Å². The molecule has 1 aliphatic heterocycles. The van der Waals surface area contributed by atoms with Crippen LogP contribution in [-0.2, 0) is 4.79 Å². The second kappa shape index (κ2) is 3.21. The lowest BCUT2D eigenvalue weighted by atomic mass is 10.1. The van der Waals surface area contributed by atoms with Crippen LogP contribution in [0.3, 0.4) is 0 Å². The van der Waals surface area contributed by atoms with Crippen LogP contribution in [0.2, 0.25) is 0 Å². The van der Waals surface area contributed by atoms with Crippen LogP contribution in [-0.4, -0.2) is 12.5 Å². The summed E-state index contributed by atoms with van der Waals surface area (Å²) in [5.74, 6) is 0.450. The Hall–Kier alpha value is -1.31.